The maximum atomic E-state index is 12.1. The molecule has 0 aliphatic carbocycles. The predicted molar refractivity (Wildman–Crippen MR) is 76.2 cm³/mol. The fourth-order valence-corrected chi connectivity index (χ4v) is 2.46. The van der Waals surface area contributed by atoms with Crippen molar-refractivity contribution < 1.29 is 14.3 Å². The van der Waals surface area contributed by atoms with Gasteiger partial charge in [0.25, 0.3) is 5.91 Å². The number of aryl methyl sites for hydroxylation is 1. The molecule has 0 radical (unpaired) electrons. The second-order valence-electron chi connectivity index (χ2n) is 5.19. The lowest BCUT2D eigenvalue weighted by Crippen LogP contribution is -2.41. The van der Waals surface area contributed by atoms with Gasteiger partial charge in [-0.15, -0.1) is 0 Å². The van der Waals surface area contributed by atoms with Crippen LogP contribution < -0.4 is 4.74 Å². The number of hydrogen-bond donors (Lipinski definition) is 0. The topological polar surface area (TPSA) is 63.9 Å². The molecule has 1 amide bonds. The third kappa shape index (κ3) is 2.89. The molecule has 1 fully saturated rings. The Balaban J connectivity index is 1.66. The van der Waals surface area contributed by atoms with Crippen LogP contribution in [0.15, 0.2) is 24.5 Å². The lowest BCUT2D eigenvalue weighted by molar-refractivity contribution is -0.136. The lowest BCUT2D eigenvalue weighted by Gasteiger charge is -2.25. The summed E-state index contributed by atoms with van der Waals surface area (Å²) in [7, 11) is 0. The zero-order valence-electron chi connectivity index (χ0n) is 11.9. The molecule has 6 nitrogen and oxygen atoms in total. The molecule has 0 aromatic carbocycles. The van der Waals surface area contributed by atoms with Crippen LogP contribution in [0.5, 0.6) is 5.75 Å². The van der Waals surface area contributed by atoms with Gasteiger partial charge < -0.3 is 14.0 Å². The van der Waals surface area contributed by atoms with Gasteiger partial charge in [0.15, 0.2) is 18.0 Å². The fourth-order valence-electron chi connectivity index (χ4n) is 2.46. The first-order valence-corrected chi connectivity index (χ1v) is 7.00. The van der Waals surface area contributed by atoms with Crippen molar-refractivity contribution in [3.63, 3.8) is 0 Å². The minimum absolute atomic E-state index is 0.0280. The fraction of sp³-hybridized carbons (Fsp3) is 0.400. The number of rotatable bonds is 3. The highest BCUT2D eigenvalue weighted by atomic mass is 16.5. The molecule has 2 aromatic rings. The predicted octanol–water partition coefficient (Wildman–Crippen LogP) is 1.21. The average Bonchev–Trinajstić information content (AvgIpc) is 2.86. The van der Waals surface area contributed by atoms with E-state index >= 15 is 0 Å². The van der Waals surface area contributed by atoms with Gasteiger partial charge in [0.05, 0.1) is 5.69 Å². The molecule has 0 spiro atoms. The maximum Gasteiger partial charge on any atom is 0.260 e. The Morgan fingerprint density at radius 1 is 1.38 bits per heavy atom. The normalized spacial score (nSPS) is 15.5. The van der Waals surface area contributed by atoms with E-state index in [1.165, 1.54) is 0 Å². The molecule has 0 saturated carbocycles. The van der Waals surface area contributed by atoms with Crippen molar-refractivity contribution in [2.75, 3.05) is 19.7 Å². The number of piperidine rings is 1. The minimum Gasteiger partial charge on any atom is -0.480 e. The van der Waals surface area contributed by atoms with Gasteiger partial charge in [0, 0.05) is 38.3 Å². The molecule has 110 valence electrons. The minimum atomic E-state index is -0.0900. The average molecular weight is 287 g/mol. The highest BCUT2D eigenvalue weighted by Crippen LogP contribution is 2.19. The number of aromatic nitrogens is 2. The summed E-state index contributed by atoms with van der Waals surface area (Å²) < 4.78 is 7.48. The second-order valence-corrected chi connectivity index (χ2v) is 5.19. The molecule has 6 heteroatoms. The smallest absolute Gasteiger partial charge is 0.260 e. The molecule has 1 saturated heterocycles. The van der Waals surface area contributed by atoms with Crippen molar-refractivity contribution in [1.29, 1.82) is 0 Å². The molecule has 0 atom stereocenters. The van der Waals surface area contributed by atoms with Crippen LogP contribution in [-0.4, -0.2) is 45.7 Å². The Bertz CT molecular complexity index is 683. The van der Waals surface area contributed by atoms with Crippen molar-refractivity contribution in [2.45, 2.75) is 19.8 Å². The first-order chi connectivity index (χ1) is 10.1. The number of ether oxygens (including phenoxy) is 1. The van der Waals surface area contributed by atoms with E-state index in [9.17, 15) is 9.59 Å². The third-order valence-electron chi connectivity index (χ3n) is 3.59. The van der Waals surface area contributed by atoms with E-state index in [-0.39, 0.29) is 18.3 Å². The number of imidazole rings is 1. The number of likely N-dealkylation sites (tertiary alicyclic amines) is 1. The molecule has 0 N–H and O–H groups in total. The second kappa shape index (κ2) is 5.55. The molecular weight excluding hydrogens is 270 g/mol. The quantitative estimate of drug-likeness (QED) is 0.851. The van der Waals surface area contributed by atoms with Crippen LogP contribution >= 0.6 is 0 Å². The molecular formula is C15H17N3O3. The van der Waals surface area contributed by atoms with Crippen LogP contribution in [0.3, 0.4) is 0 Å². The number of fused-ring (bicyclic) bond motifs is 1. The number of hydrogen-bond acceptors (Lipinski definition) is 4. The monoisotopic (exact) mass is 287 g/mol. The van der Waals surface area contributed by atoms with Crippen molar-refractivity contribution >= 4 is 17.3 Å². The Hall–Kier alpha value is -2.37. The summed E-state index contributed by atoms with van der Waals surface area (Å²) in [5, 5.41) is 0. The molecule has 1 aliphatic rings. The van der Waals surface area contributed by atoms with Gasteiger partial charge in [-0.05, 0) is 19.1 Å². The van der Waals surface area contributed by atoms with Crippen LogP contribution in [0.1, 0.15) is 18.5 Å². The van der Waals surface area contributed by atoms with E-state index in [1.807, 2.05) is 29.8 Å². The van der Waals surface area contributed by atoms with E-state index in [2.05, 4.69) is 4.98 Å². The summed E-state index contributed by atoms with van der Waals surface area (Å²) in [4.78, 5) is 29.3. The highest BCUT2D eigenvalue weighted by Gasteiger charge is 2.21. The first-order valence-electron chi connectivity index (χ1n) is 7.00. The van der Waals surface area contributed by atoms with Crippen LogP contribution in [0.4, 0.5) is 0 Å². The van der Waals surface area contributed by atoms with Crippen molar-refractivity contribution in [3.05, 3.63) is 30.2 Å². The Kier molecular flexibility index (Phi) is 3.60. The largest absolute Gasteiger partial charge is 0.480 e. The Morgan fingerprint density at radius 2 is 2.14 bits per heavy atom. The van der Waals surface area contributed by atoms with Gasteiger partial charge in [-0.3, -0.25) is 9.59 Å². The molecule has 21 heavy (non-hydrogen) atoms. The lowest BCUT2D eigenvalue weighted by atomic mass is 10.1. The highest BCUT2D eigenvalue weighted by molar-refractivity contribution is 5.84. The number of carbonyl (C=O) groups is 2. The maximum absolute atomic E-state index is 12.1. The number of nitrogens with zero attached hydrogens (tertiary/aromatic N) is 3. The molecule has 3 rings (SSSR count). The summed E-state index contributed by atoms with van der Waals surface area (Å²) in [5.41, 5.74) is 1.60. The number of ketones is 1. The van der Waals surface area contributed by atoms with Gasteiger partial charge in [0.2, 0.25) is 0 Å². The summed E-state index contributed by atoms with van der Waals surface area (Å²) in [6, 6.07) is 3.66. The van der Waals surface area contributed by atoms with Crippen LogP contribution in [0.25, 0.3) is 5.65 Å². The summed E-state index contributed by atoms with van der Waals surface area (Å²) in [5.74, 6) is 0.720. The van der Waals surface area contributed by atoms with Crippen LogP contribution in [0, 0.1) is 6.92 Å². The van der Waals surface area contributed by atoms with Crippen molar-refractivity contribution in [2.24, 2.45) is 0 Å². The van der Waals surface area contributed by atoms with E-state index in [0.29, 0.717) is 37.3 Å². The van der Waals surface area contributed by atoms with E-state index < -0.39 is 0 Å². The van der Waals surface area contributed by atoms with E-state index in [4.69, 9.17) is 4.74 Å². The molecule has 0 bridgehead atoms. The number of amides is 1. The van der Waals surface area contributed by atoms with Gasteiger partial charge in [-0.2, -0.15) is 0 Å². The van der Waals surface area contributed by atoms with Gasteiger partial charge >= 0.3 is 0 Å². The zero-order chi connectivity index (χ0) is 14.8. The van der Waals surface area contributed by atoms with Crippen LogP contribution in [-0.2, 0) is 9.59 Å². The van der Waals surface area contributed by atoms with Gasteiger partial charge in [0.1, 0.15) is 5.78 Å². The molecule has 1 aliphatic heterocycles. The summed E-state index contributed by atoms with van der Waals surface area (Å²) in [6.07, 6.45) is 4.68. The molecule has 0 unspecified atom stereocenters. The Morgan fingerprint density at radius 3 is 2.90 bits per heavy atom. The van der Waals surface area contributed by atoms with E-state index in [0.717, 1.165) is 5.69 Å². The van der Waals surface area contributed by atoms with E-state index in [1.54, 1.807) is 11.0 Å². The SMILES string of the molecule is Cc1cn2cccc(OCC(=O)N3CCC(=O)CC3)c2n1. The van der Waals surface area contributed by atoms with Crippen molar-refractivity contribution in [1.82, 2.24) is 14.3 Å². The summed E-state index contributed by atoms with van der Waals surface area (Å²) in [6.45, 7) is 2.87. The van der Waals surface area contributed by atoms with Gasteiger partial charge in [-0.25, -0.2) is 4.98 Å². The van der Waals surface area contributed by atoms with Crippen molar-refractivity contribution in [3.8, 4) is 5.75 Å². The summed E-state index contributed by atoms with van der Waals surface area (Å²) >= 11 is 0. The first kappa shape index (κ1) is 13.6. The third-order valence-corrected chi connectivity index (χ3v) is 3.59. The Labute approximate surface area is 122 Å². The molecule has 2 aromatic heterocycles. The van der Waals surface area contributed by atoms with Crippen LogP contribution in [0.2, 0.25) is 0 Å². The number of carbonyl (C=O) groups excluding carboxylic acids is 2. The zero-order valence-corrected chi connectivity index (χ0v) is 11.9. The number of pyridine rings is 1. The molecule has 3 heterocycles. The van der Waals surface area contributed by atoms with Gasteiger partial charge in [-0.1, -0.05) is 0 Å². The standard InChI is InChI=1S/C15H17N3O3/c1-11-9-18-6-2-3-13(15(18)16-11)21-10-14(20)17-7-4-12(19)5-8-17/h2-3,6,9H,4-5,7-8,10H2,1H3. The number of Topliss-reactive ketones (excluding diaryl/α,β-unsaturated/α-hetero) is 1.